The summed E-state index contributed by atoms with van der Waals surface area (Å²) >= 11 is 5.84. The molecule has 0 radical (unpaired) electrons. The summed E-state index contributed by atoms with van der Waals surface area (Å²) in [7, 11) is 1.74. The minimum Gasteiger partial charge on any atom is -0.467 e. The fourth-order valence-corrected chi connectivity index (χ4v) is 2.94. The first-order valence-corrected chi connectivity index (χ1v) is 7.98. The van der Waals surface area contributed by atoms with Crippen LogP contribution in [0.3, 0.4) is 0 Å². The molecule has 0 bridgehead atoms. The Morgan fingerprint density at radius 1 is 1.39 bits per heavy atom. The number of halogens is 2. The minimum atomic E-state index is -0.369. The van der Waals surface area contributed by atoms with E-state index < -0.39 is 0 Å². The van der Waals surface area contributed by atoms with Crippen LogP contribution in [0.5, 0.6) is 0 Å². The normalized spacial score (nSPS) is 20.9. The molecule has 1 aliphatic carbocycles. The highest BCUT2D eigenvalue weighted by Crippen LogP contribution is 2.38. The predicted octanol–water partition coefficient (Wildman–Crippen LogP) is 3.68. The largest absolute Gasteiger partial charge is 0.467 e. The zero-order valence-electron chi connectivity index (χ0n) is 12.9. The first kappa shape index (κ1) is 15.9. The SMILES string of the molecule is CN=C(NCc1ccco1)NC1CC(c2ccc(F)c(Cl)c2)C1. The quantitative estimate of drug-likeness (QED) is 0.662. The van der Waals surface area contributed by atoms with Crippen molar-refractivity contribution in [2.75, 3.05) is 7.05 Å². The second-order valence-corrected chi connectivity index (χ2v) is 6.10. The van der Waals surface area contributed by atoms with Crippen molar-refractivity contribution >= 4 is 17.6 Å². The average molecular weight is 336 g/mol. The van der Waals surface area contributed by atoms with Crippen LogP contribution in [0.25, 0.3) is 0 Å². The van der Waals surface area contributed by atoms with Crippen molar-refractivity contribution in [3.63, 3.8) is 0 Å². The second kappa shape index (κ2) is 7.04. The van der Waals surface area contributed by atoms with Gasteiger partial charge in [-0.3, -0.25) is 4.99 Å². The molecule has 3 rings (SSSR count). The van der Waals surface area contributed by atoms with Crippen LogP contribution in [0.4, 0.5) is 4.39 Å². The van der Waals surface area contributed by atoms with E-state index in [0.717, 1.165) is 30.1 Å². The van der Waals surface area contributed by atoms with Crippen molar-refractivity contribution in [1.82, 2.24) is 10.6 Å². The van der Waals surface area contributed by atoms with Crippen LogP contribution in [-0.2, 0) is 6.54 Å². The lowest BCUT2D eigenvalue weighted by molar-refractivity contribution is 0.321. The molecule has 1 aromatic carbocycles. The first-order chi connectivity index (χ1) is 11.2. The minimum absolute atomic E-state index is 0.190. The number of furan rings is 1. The van der Waals surface area contributed by atoms with Gasteiger partial charge in [0.2, 0.25) is 0 Å². The summed E-state index contributed by atoms with van der Waals surface area (Å²) in [6, 6.07) is 9.10. The zero-order chi connectivity index (χ0) is 16.2. The first-order valence-electron chi connectivity index (χ1n) is 7.60. The summed E-state index contributed by atoms with van der Waals surface area (Å²) in [6.07, 6.45) is 3.60. The molecule has 0 amide bonds. The van der Waals surface area contributed by atoms with Crippen molar-refractivity contribution in [3.8, 4) is 0 Å². The number of hydrogen-bond donors (Lipinski definition) is 2. The molecule has 6 heteroatoms. The van der Waals surface area contributed by atoms with Gasteiger partial charge in [-0.25, -0.2) is 4.39 Å². The molecule has 0 spiro atoms. The fraction of sp³-hybridized carbons (Fsp3) is 0.353. The van der Waals surface area contributed by atoms with E-state index in [2.05, 4.69) is 15.6 Å². The number of guanidine groups is 1. The number of aliphatic imine (C=N–C) groups is 1. The fourth-order valence-electron chi connectivity index (χ4n) is 2.75. The van der Waals surface area contributed by atoms with Crippen molar-refractivity contribution in [2.45, 2.75) is 31.3 Å². The molecule has 2 aromatic rings. The van der Waals surface area contributed by atoms with Gasteiger partial charge in [0, 0.05) is 13.1 Å². The van der Waals surface area contributed by atoms with Gasteiger partial charge in [-0.2, -0.15) is 0 Å². The molecule has 4 nitrogen and oxygen atoms in total. The van der Waals surface area contributed by atoms with E-state index in [1.807, 2.05) is 18.2 Å². The molecule has 122 valence electrons. The number of hydrogen-bond acceptors (Lipinski definition) is 2. The van der Waals surface area contributed by atoms with E-state index in [1.165, 1.54) is 6.07 Å². The van der Waals surface area contributed by atoms with Crippen LogP contribution in [0.15, 0.2) is 46.0 Å². The van der Waals surface area contributed by atoms with Crippen molar-refractivity contribution in [2.24, 2.45) is 4.99 Å². The maximum Gasteiger partial charge on any atom is 0.191 e. The van der Waals surface area contributed by atoms with Crippen LogP contribution < -0.4 is 10.6 Å². The molecule has 0 aliphatic heterocycles. The Balaban J connectivity index is 1.47. The molecule has 0 unspecified atom stereocenters. The topological polar surface area (TPSA) is 49.6 Å². The van der Waals surface area contributed by atoms with Crippen molar-refractivity contribution < 1.29 is 8.81 Å². The number of nitrogens with one attached hydrogen (secondary N) is 2. The molecule has 1 aromatic heterocycles. The Labute approximate surface area is 139 Å². The number of benzene rings is 1. The molecule has 0 atom stereocenters. The van der Waals surface area contributed by atoms with Crippen molar-refractivity contribution in [1.29, 1.82) is 0 Å². The molecule has 1 aliphatic rings. The molecule has 0 saturated heterocycles. The molecular formula is C17H19ClFN3O. The summed E-state index contributed by atoms with van der Waals surface area (Å²) in [4.78, 5) is 4.21. The lowest BCUT2D eigenvalue weighted by atomic mass is 9.76. The third-order valence-corrected chi connectivity index (χ3v) is 4.42. The number of nitrogens with zero attached hydrogens (tertiary/aromatic N) is 1. The zero-order valence-corrected chi connectivity index (χ0v) is 13.6. The van der Waals surface area contributed by atoms with Crippen LogP contribution in [-0.4, -0.2) is 19.0 Å². The highest BCUT2D eigenvalue weighted by Gasteiger charge is 2.31. The Hall–Kier alpha value is -2.01. The van der Waals surface area contributed by atoms with E-state index in [4.69, 9.17) is 16.0 Å². The Morgan fingerprint density at radius 2 is 2.22 bits per heavy atom. The average Bonchev–Trinajstić information content (AvgIpc) is 3.02. The third kappa shape index (κ3) is 3.85. The van der Waals surface area contributed by atoms with Gasteiger partial charge in [0.05, 0.1) is 17.8 Å². The molecule has 2 N–H and O–H groups in total. The maximum atomic E-state index is 13.2. The second-order valence-electron chi connectivity index (χ2n) is 5.69. The van der Waals surface area contributed by atoms with Gasteiger partial charge in [-0.1, -0.05) is 17.7 Å². The predicted molar refractivity (Wildman–Crippen MR) is 89.2 cm³/mol. The summed E-state index contributed by atoms with van der Waals surface area (Å²) in [5.74, 6) is 1.66. The summed E-state index contributed by atoms with van der Waals surface area (Å²) in [5, 5.41) is 6.79. The van der Waals surface area contributed by atoms with Gasteiger partial charge >= 0.3 is 0 Å². The van der Waals surface area contributed by atoms with Gasteiger partial charge in [0.25, 0.3) is 0 Å². The Kier molecular flexibility index (Phi) is 4.86. The van der Waals surface area contributed by atoms with Gasteiger partial charge < -0.3 is 15.1 Å². The standard InChI is InChI=1S/C17H19ClFN3O/c1-20-17(21-10-14-3-2-6-23-14)22-13-7-12(8-13)11-4-5-16(19)15(18)9-11/h2-6,9,12-13H,7-8,10H2,1H3,(H2,20,21,22). The number of rotatable bonds is 4. The summed E-state index contributed by atoms with van der Waals surface area (Å²) < 4.78 is 18.5. The van der Waals surface area contributed by atoms with Crippen molar-refractivity contribution in [3.05, 3.63) is 58.8 Å². The van der Waals surface area contributed by atoms with E-state index in [-0.39, 0.29) is 10.8 Å². The monoisotopic (exact) mass is 335 g/mol. The van der Waals surface area contributed by atoms with E-state index in [1.54, 1.807) is 19.4 Å². The van der Waals surface area contributed by atoms with Crippen LogP contribution in [0, 0.1) is 5.82 Å². The van der Waals surface area contributed by atoms with Crippen LogP contribution in [0.2, 0.25) is 5.02 Å². The molecule has 23 heavy (non-hydrogen) atoms. The molecular weight excluding hydrogens is 317 g/mol. The highest BCUT2D eigenvalue weighted by molar-refractivity contribution is 6.30. The van der Waals surface area contributed by atoms with E-state index in [0.29, 0.717) is 18.5 Å². The van der Waals surface area contributed by atoms with E-state index >= 15 is 0 Å². The lowest BCUT2D eigenvalue weighted by Gasteiger charge is -2.37. The Morgan fingerprint density at radius 3 is 2.87 bits per heavy atom. The van der Waals surface area contributed by atoms with Gasteiger partial charge in [0.1, 0.15) is 11.6 Å². The summed E-state index contributed by atoms with van der Waals surface area (Å²) in [5.41, 5.74) is 1.09. The Bertz CT molecular complexity index is 681. The third-order valence-electron chi connectivity index (χ3n) is 4.13. The van der Waals surface area contributed by atoms with Gasteiger partial charge in [0.15, 0.2) is 5.96 Å². The van der Waals surface area contributed by atoms with E-state index in [9.17, 15) is 4.39 Å². The molecule has 1 saturated carbocycles. The lowest BCUT2D eigenvalue weighted by Crippen LogP contribution is -2.48. The highest BCUT2D eigenvalue weighted by atomic mass is 35.5. The smallest absolute Gasteiger partial charge is 0.191 e. The summed E-state index contributed by atoms with van der Waals surface area (Å²) in [6.45, 7) is 0.594. The molecule has 1 fully saturated rings. The molecule has 1 heterocycles. The van der Waals surface area contributed by atoms with Gasteiger partial charge in [-0.15, -0.1) is 0 Å². The van der Waals surface area contributed by atoms with Crippen LogP contribution in [0.1, 0.15) is 30.1 Å². The van der Waals surface area contributed by atoms with Crippen LogP contribution >= 0.6 is 11.6 Å². The van der Waals surface area contributed by atoms with Gasteiger partial charge in [-0.05, 0) is 48.6 Å². The maximum absolute atomic E-state index is 13.2.